The van der Waals surface area contributed by atoms with Gasteiger partial charge in [-0.1, -0.05) is 36.4 Å². The van der Waals surface area contributed by atoms with E-state index in [2.05, 4.69) is 18.7 Å². The molecular formula is C24H27N3O3. The van der Waals surface area contributed by atoms with E-state index in [0.717, 1.165) is 5.56 Å². The Morgan fingerprint density at radius 1 is 1.13 bits per heavy atom. The SMILES string of the molecule is C=CCN1C(=O)C[C@H](c2ccccc2)C12CCN(C(=O)c1cccn(C)c1=O)CC2. The van der Waals surface area contributed by atoms with Crippen molar-refractivity contribution in [2.75, 3.05) is 19.6 Å². The molecule has 1 spiro atoms. The van der Waals surface area contributed by atoms with E-state index in [1.807, 2.05) is 23.1 Å². The summed E-state index contributed by atoms with van der Waals surface area (Å²) >= 11 is 0. The van der Waals surface area contributed by atoms with E-state index in [4.69, 9.17) is 0 Å². The lowest BCUT2D eigenvalue weighted by atomic mass is 9.73. The Morgan fingerprint density at radius 3 is 2.50 bits per heavy atom. The Hall–Kier alpha value is -3.15. The molecule has 0 saturated carbocycles. The zero-order valence-corrected chi connectivity index (χ0v) is 17.3. The molecule has 0 aliphatic carbocycles. The highest BCUT2D eigenvalue weighted by atomic mass is 16.2. The first-order valence-electron chi connectivity index (χ1n) is 10.4. The van der Waals surface area contributed by atoms with Crippen LogP contribution in [0.25, 0.3) is 0 Å². The fraction of sp³-hybridized carbons (Fsp3) is 0.375. The van der Waals surface area contributed by atoms with Gasteiger partial charge in [-0.05, 0) is 30.5 Å². The Balaban J connectivity index is 1.61. The quantitative estimate of drug-likeness (QED) is 0.735. The molecule has 1 aromatic heterocycles. The van der Waals surface area contributed by atoms with Gasteiger partial charge in [-0.2, -0.15) is 0 Å². The zero-order valence-electron chi connectivity index (χ0n) is 17.3. The van der Waals surface area contributed by atoms with E-state index >= 15 is 0 Å². The van der Waals surface area contributed by atoms with E-state index in [-0.39, 0.29) is 34.4 Å². The fourth-order valence-corrected chi connectivity index (χ4v) is 5.08. The maximum Gasteiger partial charge on any atom is 0.263 e. The second-order valence-corrected chi connectivity index (χ2v) is 8.19. The summed E-state index contributed by atoms with van der Waals surface area (Å²) in [6.07, 6.45) is 5.27. The fourth-order valence-electron chi connectivity index (χ4n) is 5.08. The molecule has 1 atom stereocenters. The average molecular weight is 405 g/mol. The number of likely N-dealkylation sites (tertiary alicyclic amines) is 2. The predicted molar refractivity (Wildman–Crippen MR) is 115 cm³/mol. The number of carbonyl (C=O) groups excluding carboxylic acids is 2. The molecular weight excluding hydrogens is 378 g/mol. The molecule has 30 heavy (non-hydrogen) atoms. The van der Waals surface area contributed by atoms with Crippen molar-refractivity contribution >= 4 is 11.8 Å². The highest BCUT2D eigenvalue weighted by molar-refractivity contribution is 5.94. The highest BCUT2D eigenvalue weighted by Crippen LogP contribution is 2.48. The number of carbonyl (C=O) groups is 2. The lowest BCUT2D eigenvalue weighted by molar-refractivity contribution is -0.131. The molecule has 2 aliphatic heterocycles. The minimum Gasteiger partial charge on any atom is -0.338 e. The summed E-state index contributed by atoms with van der Waals surface area (Å²) in [5.41, 5.74) is 0.745. The molecule has 0 N–H and O–H groups in total. The van der Waals surface area contributed by atoms with Crippen molar-refractivity contribution < 1.29 is 9.59 Å². The van der Waals surface area contributed by atoms with E-state index in [9.17, 15) is 14.4 Å². The molecule has 4 rings (SSSR count). The first kappa shape index (κ1) is 20.1. The number of pyridine rings is 1. The standard InChI is InChI=1S/C24H27N3O3/c1-3-13-27-21(28)17-20(18-8-5-4-6-9-18)24(27)11-15-26(16-12-24)23(30)19-10-7-14-25(2)22(19)29/h3-10,14,20H,1,11-13,15-17H2,2H3/t20-/m1/s1. The van der Waals surface area contributed by atoms with Gasteiger partial charge in [0.05, 0.1) is 5.54 Å². The summed E-state index contributed by atoms with van der Waals surface area (Å²) < 4.78 is 1.42. The van der Waals surface area contributed by atoms with Crippen molar-refractivity contribution in [3.05, 3.63) is 82.8 Å². The molecule has 2 aliphatic rings. The minimum absolute atomic E-state index is 0.0907. The van der Waals surface area contributed by atoms with Gasteiger partial charge in [0, 0.05) is 45.2 Å². The summed E-state index contributed by atoms with van der Waals surface area (Å²) in [6, 6.07) is 13.5. The third kappa shape index (κ3) is 3.26. The average Bonchev–Trinajstić information content (AvgIpc) is 3.03. The second-order valence-electron chi connectivity index (χ2n) is 8.19. The molecule has 6 nitrogen and oxygen atoms in total. The van der Waals surface area contributed by atoms with Crippen LogP contribution in [0.3, 0.4) is 0 Å². The number of hydrogen-bond donors (Lipinski definition) is 0. The molecule has 156 valence electrons. The van der Waals surface area contributed by atoms with Gasteiger partial charge in [0.15, 0.2) is 0 Å². The number of nitrogens with zero attached hydrogens (tertiary/aromatic N) is 3. The van der Waals surface area contributed by atoms with Crippen molar-refractivity contribution in [3.63, 3.8) is 0 Å². The van der Waals surface area contributed by atoms with Gasteiger partial charge < -0.3 is 14.4 Å². The molecule has 2 aromatic rings. The van der Waals surface area contributed by atoms with E-state index < -0.39 is 0 Å². The first-order valence-corrected chi connectivity index (χ1v) is 10.4. The second kappa shape index (κ2) is 7.94. The number of rotatable bonds is 4. The van der Waals surface area contributed by atoms with E-state index in [1.165, 1.54) is 4.57 Å². The smallest absolute Gasteiger partial charge is 0.263 e. The Labute approximate surface area is 176 Å². The van der Waals surface area contributed by atoms with Crippen LogP contribution in [0.1, 0.15) is 41.1 Å². The maximum absolute atomic E-state index is 13.0. The Kier molecular flexibility index (Phi) is 5.33. The third-order valence-electron chi connectivity index (χ3n) is 6.65. The summed E-state index contributed by atoms with van der Waals surface area (Å²) in [4.78, 5) is 42.0. The molecule has 0 bridgehead atoms. The number of piperidine rings is 1. The highest BCUT2D eigenvalue weighted by Gasteiger charge is 2.54. The van der Waals surface area contributed by atoms with Crippen LogP contribution in [-0.2, 0) is 11.8 Å². The van der Waals surface area contributed by atoms with Crippen molar-refractivity contribution in [2.24, 2.45) is 7.05 Å². The molecule has 0 unspecified atom stereocenters. The van der Waals surface area contributed by atoms with Gasteiger partial charge in [-0.15, -0.1) is 6.58 Å². The van der Waals surface area contributed by atoms with Crippen LogP contribution in [0.4, 0.5) is 0 Å². The molecule has 6 heteroatoms. The molecule has 2 fully saturated rings. The summed E-state index contributed by atoms with van der Waals surface area (Å²) in [7, 11) is 1.64. The normalized spacial score (nSPS) is 20.6. The number of hydrogen-bond acceptors (Lipinski definition) is 3. The van der Waals surface area contributed by atoms with Gasteiger partial charge in [0.2, 0.25) is 5.91 Å². The minimum atomic E-state index is -0.328. The first-order chi connectivity index (χ1) is 14.5. The van der Waals surface area contributed by atoms with E-state index in [1.54, 1.807) is 36.4 Å². The van der Waals surface area contributed by atoms with Gasteiger partial charge >= 0.3 is 0 Å². The monoisotopic (exact) mass is 405 g/mol. The van der Waals surface area contributed by atoms with Gasteiger partial charge in [-0.3, -0.25) is 14.4 Å². The lowest BCUT2D eigenvalue weighted by Gasteiger charge is -2.47. The predicted octanol–water partition coefficient (Wildman–Crippen LogP) is 2.56. The summed E-state index contributed by atoms with van der Waals surface area (Å²) in [5, 5.41) is 0. The number of aromatic nitrogens is 1. The van der Waals surface area contributed by atoms with Gasteiger partial charge in [0.1, 0.15) is 5.56 Å². The largest absolute Gasteiger partial charge is 0.338 e. The molecule has 3 heterocycles. The lowest BCUT2D eigenvalue weighted by Crippen LogP contribution is -2.56. The van der Waals surface area contributed by atoms with E-state index in [0.29, 0.717) is 38.9 Å². The van der Waals surface area contributed by atoms with Crippen LogP contribution < -0.4 is 5.56 Å². The van der Waals surface area contributed by atoms with Crippen molar-refractivity contribution in [3.8, 4) is 0 Å². The number of aryl methyl sites for hydroxylation is 1. The van der Waals surface area contributed by atoms with Crippen LogP contribution in [0.15, 0.2) is 66.1 Å². The molecule has 1 aromatic carbocycles. The molecule has 0 radical (unpaired) electrons. The third-order valence-corrected chi connectivity index (χ3v) is 6.65. The molecule has 2 amide bonds. The number of benzene rings is 1. The van der Waals surface area contributed by atoms with Gasteiger partial charge in [-0.25, -0.2) is 0 Å². The van der Waals surface area contributed by atoms with Crippen LogP contribution in [0.2, 0.25) is 0 Å². The van der Waals surface area contributed by atoms with Crippen molar-refractivity contribution in [1.82, 2.24) is 14.4 Å². The Bertz CT molecular complexity index is 1020. The summed E-state index contributed by atoms with van der Waals surface area (Å²) in [6.45, 7) is 5.38. The van der Waals surface area contributed by atoms with Crippen LogP contribution in [0.5, 0.6) is 0 Å². The summed E-state index contributed by atoms with van der Waals surface area (Å²) in [5.74, 6) is -0.00430. The topological polar surface area (TPSA) is 62.6 Å². The van der Waals surface area contributed by atoms with Gasteiger partial charge in [0.25, 0.3) is 11.5 Å². The van der Waals surface area contributed by atoms with Crippen molar-refractivity contribution in [1.29, 1.82) is 0 Å². The zero-order chi connectivity index (χ0) is 21.3. The number of amides is 2. The van der Waals surface area contributed by atoms with Crippen LogP contribution in [-0.4, -0.2) is 51.4 Å². The Morgan fingerprint density at radius 2 is 1.83 bits per heavy atom. The molecule has 2 saturated heterocycles. The van der Waals surface area contributed by atoms with Crippen LogP contribution >= 0.6 is 0 Å². The van der Waals surface area contributed by atoms with Crippen molar-refractivity contribution in [2.45, 2.75) is 30.7 Å². The van der Waals surface area contributed by atoms with Crippen LogP contribution in [0, 0.1) is 0 Å². The maximum atomic E-state index is 13.0.